The fourth-order valence-corrected chi connectivity index (χ4v) is 4.31. The molecule has 0 saturated carbocycles. The average molecular weight is 327 g/mol. The number of fused-ring (bicyclic) bond motifs is 1. The predicted octanol–water partition coefficient (Wildman–Crippen LogP) is 2.53. The number of carbonyl (C=O) groups excluding carboxylic acids is 1. The van der Waals surface area contributed by atoms with Gasteiger partial charge in [0.25, 0.3) is 5.91 Å². The molecule has 2 atom stereocenters. The Kier molecular flexibility index (Phi) is 4.14. The van der Waals surface area contributed by atoms with E-state index in [9.17, 15) is 4.79 Å². The van der Waals surface area contributed by atoms with Crippen molar-refractivity contribution in [3.8, 4) is 0 Å². The number of aryl methyl sites for hydroxylation is 1. The van der Waals surface area contributed by atoms with Crippen LogP contribution in [0.4, 0.5) is 0 Å². The lowest BCUT2D eigenvalue weighted by Gasteiger charge is -2.43. The first kappa shape index (κ1) is 14.8. The molecule has 4 rings (SSSR count). The molecule has 0 N–H and O–H groups in total. The molecule has 2 saturated heterocycles. The molecule has 0 unspecified atom stereocenters. The van der Waals surface area contributed by atoms with Gasteiger partial charge in [-0.15, -0.1) is 11.3 Å². The molecule has 1 aromatic heterocycles. The molecule has 0 aliphatic carbocycles. The summed E-state index contributed by atoms with van der Waals surface area (Å²) >= 11 is 1.48. The van der Waals surface area contributed by atoms with E-state index in [1.54, 1.807) is 5.51 Å². The van der Waals surface area contributed by atoms with Gasteiger partial charge in [-0.1, -0.05) is 30.3 Å². The van der Waals surface area contributed by atoms with Gasteiger partial charge in [-0.05, 0) is 24.9 Å². The Bertz CT molecular complexity index is 658. The highest BCUT2D eigenvalue weighted by Gasteiger charge is 2.46. The number of likely N-dealkylation sites (tertiary alicyclic amines) is 2. The van der Waals surface area contributed by atoms with Crippen molar-refractivity contribution < 1.29 is 4.79 Å². The van der Waals surface area contributed by atoms with E-state index < -0.39 is 0 Å². The molecule has 0 radical (unpaired) electrons. The van der Waals surface area contributed by atoms with E-state index in [4.69, 9.17) is 0 Å². The molecular formula is C18H21N3OS. The quantitative estimate of drug-likeness (QED) is 0.847. The molecule has 1 amide bonds. The zero-order valence-corrected chi connectivity index (χ0v) is 13.9. The van der Waals surface area contributed by atoms with E-state index in [0.717, 1.165) is 32.6 Å². The number of benzene rings is 1. The number of amides is 1. The molecule has 3 heterocycles. The molecule has 1 aromatic carbocycles. The van der Waals surface area contributed by atoms with Crippen LogP contribution >= 0.6 is 11.3 Å². The lowest BCUT2D eigenvalue weighted by atomic mass is 9.91. The largest absolute Gasteiger partial charge is 0.335 e. The van der Waals surface area contributed by atoms with E-state index in [-0.39, 0.29) is 5.91 Å². The second kappa shape index (κ2) is 6.42. The standard InChI is InChI=1S/C18H21N3OS/c22-18(16-12-23-13-19-16)21-10-15-9-20(17(15)11-21)8-4-7-14-5-2-1-3-6-14/h1-3,5-6,12-13,15,17H,4,7-11H2/t15-,17+/m1/s1. The molecule has 5 heteroatoms. The van der Waals surface area contributed by atoms with Gasteiger partial charge in [0.2, 0.25) is 0 Å². The monoisotopic (exact) mass is 327 g/mol. The third kappa shape index (κ3) is 3.03. The Morgan fingerprint density at radius 1 is 1.22 bits per heavy atom. The molecule has 2 aromatic rings. The van der Waals surface area contributed by atoms with Crippen LogP contribution in [0.15, 0.2) is 41.2 Å². The smallest absolute Gasteiger partial charge is 0.273 e. The van der Waals surface area contributed by atoms with Gasteiger partial charge in [-0.25, -0.2) is 4.98 Å². The number of rotatable bonds is 5. The minimum atomic E-state index is 0.102. The Balaban J connectivity index is 1.26. The number of nitrogens with zero attached hydrogens (tertiary/aromatic N) is 3. The fourth-order valence-electron chi connectivity index (χ4n) is 3.78. The summed E-state index contributed by atoms with van der Waals surface area (Å²) < 4.78 is 0. The second-order valence-electron chi connectivity index (χ2n) is 6.50. The lowest BCUT2D eigenvalue weighted by molar-refractivity contribution is 0.0505. The molecule has 2 aliphatic rings. The number of carbonyl (C=O) groups is 1. The molecular weight excluding hydrogens is 306 g/mol. The minimum absolute atomic E-state index is 0.102. The van der Waals surface area contributed by atoms with Crippen LogP contribution in [0.25, 0.3) is 0 Å². The van der Waals surface area contributed by atoms with Gasteiger partial charge in [0.05, 0.1) is 5.51 Å². The first-order valence-electron chi connectivity index (χ1n) is 8.27. The van der Waals surface area contributed by atoms with E-state index in [2.05, 4.69) is 40.2 Å². The number of hydrogen-bond donors (Lipinski definition) is 0. The van der Waals surface area contributed by atoms with Crippen LogP contribution < -0.4 is 0 Å². The highest BCUT2D eigenvalue weighted by molar-refractivity contribution is 7.07. The predicted molar refractivity (Wildman–Crippen MR) is 91.6 cm³/mol. The summed E-state index contributed by atoms with van der Waals surface area (Å²) in [6, 6.07) is 11.2. The van der Waals surface area contributed by atoms with Crippen molar-refractivity contribution in [3.63, 3.8) is 0 Å². The summed E-state index contributed by atoms with van der Waals surface area (Å²) in [6.07, 6.45) is 2.32. The van der Waals surface area contributed by atoms with Crippen molar-refractivity contribution in [2.45, 2.75) is 18.9 Å². The molecule has 23 heavy (non-hydrogen) atoms. The summed E-state index contributed by atoms with van der Waals surface area (Å²) in [5.74, 6) is 0.763. The Morgan fingerprint density at radius 2 is 2.09 bits per heavy atom. The normalized spacial score (nSPS) is 23.6. The lowest BCUT2D eigenvalue weighted by Crippen LogP contribution is -2.55. The molecule has 2 aliphatic heterocycles. The van der Waals surface area contributed by atoms with Crippen molar-refractivity contribution in [2.24, 2.45) is 5.92 Å². The van der Waals surface area contributed by atoms with Crippen LogP contribution in [-0.2, 0) is 6.42 Å². The van der Waals surface area contributed by atoms with Crippen molar-refractivity contribution in [1.29, 1.82) is 0 Å². The SMILES string of the molecule is O=C(c1cscn1)N1C[C@H]2CN(CCCc3ccccc3)[C@H]2C1. The van der Waals surface area contributed by atoms with Gasteiger partial charge in [-0.2, -0.15) is 0 Å². The van der Waals surface area contributed by atoms with Gasteiger partial charge < -0.3 is 4.90 Å². The van der Waals surface area contributed by atoms with Gasteiger partial charge in [0.15, 0.2) is 0 Å². The van der Waals surface area contributed by atoms with E-state index in [1.165, 1.54) is 23.3 Å². The van der Waals surface area contributed by atoms with Crippen LogP contribution in [0.1, 0.15) is 22.5 Å². The number of aromatic nitrogens is 1. The molecule has 4 nitrogen and oxygen atoms in total. The second-order valence-corrected chi connectivity index (χ2v) is 7.21. The molecule has 0 bridgehead atoms. The summed E-state index contributed by atoms with van der Waals surface area (Å²) in [4.78, 5) is 21.1. The number of thiazole rings is 1. The van der Waals surface area contributed by atoms with Crippen LogP contribution in [0.5, 0.6) is 0 Å². The van der Waals surface area contributed by atoms with Gasteiger partial charge >= 0.3 is 0 Å². The zero-order chi connectivity index (χ0) is 15.6. The summed E-state index contributed by atoms with van der Waals surface area (Å²) in [5, 5.41) is 1.85. The van der Waals surface area contributed by atoms with Crippen molar-refractivity contribution in [3.05, 3.63) is 52.5 Å². The first-order valence-corrected chi connectivity index (χ1v) is 9.21. The first-order chi connectivity index (χ1) is 11.3. The molecule has 2 fully saturated rings. The van der Waals surface area contributed by atoms with Gasteiger partial charge in [0, 0.05) is 37.0 Å². The summed E-state index contributed by atoms with van der Waals surface area (Å²) in [7, 11) is 0. The maximum atomic E-state index is 12.4. The van der Waals surface area contributed by atoms with Crippen LogP contribution in [0.3, 0.4) is 0 Å². The third-order valence-corrected chi connectivity index (χ3v) is 5.62. The Morgan fingerprint density at radius 3 is 2.87 bits per heavy atom. The maximum absolute atomic E-state index is 12.4. The Labute approximate surface area is 140 Å². The summed E-state index contributed by atoms with van der Waals surface area (Å²) in [5.41, 5.74) is 3.75. The number of hydrogen-bond acceptors (Lipinski definition) is 4. The summed E-state index contributed by atoms with van der Waals surface area (Å²) in [6.45, 7) is 4.04. The van der Waals surface area contributed by atoms with Crippen molar-refractivity contribution >= 4 is 17.2 Å². The van der Waals surface area contributed by atoms with Gasteiger partial charge in [-0.3, -0.25) is 9.69 Å². The van der Waals surface area contributed by atoms with Crippen LogP contribution in [0.2, 0.25) is 0 Å². The van der Waals surface area contributed by atoms with Crippen LogP contribution in [0, 0.1) is 5.92 Å². The topological polar surface area (TPSA) is 36.4 Å². The van der Waals surface area contributed by atoms with E-state index in [1.807, 2.05) is 10.3 Å². The third-order valence-electron chi connectivity index (χ3n) is 5.04. The highest BCUT2D eigenvalue weighted by Crippen LogP contribution is 2.33. The molecule has 120 valence electrons. The highest BCUT2D eigenvalue weighted by atomic mass is 32.1. The van der Waals surface area contributed by atoms with Crippen LogP contribution in [-0.4, -0.2) is 52.9 Å². The molecule has 0 spiro atoms. The maximum Gasteiger partial charge on any atom is 0.273 e. The van der Waals surface area contributed by atoms with E-state index in [0.29, 0.717) is 17.7 Å². The zero-order valence-electron chi connectivity index (χ0n) is 13.1. The fraction of sp³-hybridized carbons (Fsp3) is 0.444. The van der Waals surface area contributed by atoms with E-state index >= 15 is 0 Å². The Hall–Kier alpha value is -1.72. The average Bonchev–Trinajstić information content (AvgIpc) is 3.20. The van der Waals surface area contributed by atoms with Crippen molar-refractivity contribution in [1.82, 2.24) is 14.8 Å². The van der Waals surface area contributed by atoms with Gasteiger partial charge in [0.1, 0.15) is 5.69 Å². The van der Waals surface area contributed by atoms with Crippen molar-refractivity contribution in [2.75, 3.05) is 26.2 Å². The minimum Gasteiger partial charge on any atom is -0.335 e.